The van der Waals surface area contributed by atoms with Crippen LogP contribution < -0.4 is 19.7 Å². The average Bonchev–Trinajstić information content (AvgIpc) is 3.09. The number of ether oxygens (including phenoxy) is 2. The molecular formula is C27H27N3O5. The monoisotopic (exact) mass is 473 g/mol. The fraction of sp³-hybridized carbons (Fsp3) is 0.222. The first-order chi connectivity index (χ1) is 16.9. The van der Waals surface area contributed by atoms with Crippen molar-refractivity contribution in [2.24, 2.45) is 0 Å². The minimum absolute atomic E-state index is 0.172. The van der Waals surface area contributed by atoms with Crippen LogP contribution in [0, 0.1) is 6.92 Å². The van der Waals surface area contributed by atoms with Gasteiger partial charge in [-0.15, -0.1) is 0 Å². The quantitative estimate of drug-likeness (QED) is 0.491. The number of carbonyl (C=O) groups excluding carboxylic acids is 3. The molecule has 0 aromatic heterocycles. The summed E-state index contributed by atoms with van der Waals surface area (Å²) in [6, 6.07) is 19.9. The third-order valence-corrected chi connectivity index (χ3v) is 5.88. The number of nitrogens with one attached hydrogen (secondary N) is 1. The van der Waals surface area contributed by atoms with Gasteiger partial charge in [0, 0.05) is 12.2 Å². The van der Waals surface area contributed by atoms with Crippen LogP contribution in [0.2, 0.25) is 0 Å². The van der Waals surface area contributed by atoms with Crippen molar-refractivity contribution in [3.05, 3.63) is 83.9 Å². The van der Waals surface area contributed by atoms with Crippen LogP contribution in [0.3, 0.4) is 0 Å². The number of aryl methyl sites for hydroxylation is 1. The number of rotatable bonds is 8. The number of benzene rings is 3. The molecule has 8 nitrogen and oxygen atoms in total. The predicted octanol–water partition coefficient (Wildman–Crippen LogP) is 4.38. The Morgan fingerprint density at radius 3 is 2.00 bits per heavy atom. The van der Waals surface area contributed by atoms with Gasteiger partial charge >= 0.3 is 6.03 Å². The molecule has 35 heavy (non-hydrogen) atoms. The van der Waals surface area contributed by atoms with Crippen LogP contribution in [-0.4, -0.2) is 43.0 Å². The smallest absolute Gasteiger partial charge is 0.332 e. The number of urea groups is 1. The van der Waals surface area contributed by atoms with E-state index in [1.807, 2.05) is 31.2 Å². The van der Waals surface area contributed by atoms with Crippen LogP contribution in [0.25, 0.3) is 0 Å². The van der Waals surface area contributed by atoms with Gasteiger partial charge in [-0.3, -0.25) is 9.59 Å². The number of carbonyl (C=O) groups is 3. The summed E-state index contributed by atoms with van der Waals surface area (Å²) in [4.78, 5) is 42.3. The van der Waals surface area contributed by atoms with Gasteiger partial charge in [0.2, 0.25) is 5.91 Å². The number of methoxy groups -OCH3 is 2. The van der Waals surface area contributed by atoms with E-state index in [1.165, 1.54) is 4.90 Å². The molecule has 3 aromatic rings. The van der Waals surface area contributed by atoms with Crippen molar-refractivity contribution in [1.29, 1.82) is 0 Å². The molecule has 0 aliphatic carbocycles. The molecule has 1 heterocycles. The molecule has 1 atom stereocenters. The molecule has 0 spiro atoms. The topological polar surface area (TPSA) is 88.2 Å². The predicted molar refractivity (Wildman–Crippen MR) is 133 cm³/mol. The van der Waals surface area contributed by atoms with Crippen molar-refractivity contribution >= 4 is 29.2 Å². The Balaban J connectivity index is 1.58. The molecule has 1 fully saturated rings. The maximum Gasteiger partial charge on any atom is 0.332 e. The van der Waals surface area contributed by atoms with Crippen molar-refractivity contribution in [3.63, 3.8) is 0 Å². The van der Waals surface area contributed by atoms with Crippen LogP contribution in [0.5, 0.6) is 11.5 Å². The normalized spacial score (nSPS) is 15.3. The summed E-state index contributed by atoms with van der Waals surface area (Å²) in [5.41, 5.74) is 2.96. The molecule has 4 amide bonds. The van der Waals surface area contributed by atoms with Gasteiger partial charge in [0.05, 0.1) is 26.3 Å². The van der Waals surface area contributed by atoms with Gasteiger partial charge in [-0.05, 0) is 61.0 Å². The van der Waals surface area contributed by atoms with Crippen LogP contribution in [0.15, 0.2) is 72.8 Å². The highest BCUT2D eigenvalue weighted by atomic mass is 16.5. The molecule has 8 heteroatoms. The SMILES string of the molecule is COc1ccc(NC(=O)C[C@H]2C(=O)N(c3ccc(OC)cc3)C(=O)N2Cc2ccc(C)cc2)cc1. The zero-order chi connectivity index (χ0) is 24.9. The van der Waals surface area contributed by atoms with Gasteiger partial charge in [0.1, 0.15) is 17.5 Å². The van der Waals surface area contributed by atoms with Gasteiger partial charge in [-0.25, -0.2) is 9.69 Å². The Morgan fingerprint density at radius 2 is 1.43 bits per heavy atom. The fourth-order valence-corrected chi connectivity index (χ4v) is 3.93. The highest BCUT2D eigenvalue weighted by molar-refractivity contribution is 6.22. The summed E-state index contributed by atoms with van der Waals surface area (Å²) in [6.45, 7) is 2.18. The molecule has 0 bridgehead atoms. The van der Waals surface area contributed by atoms with Crippen LogP contribution in [0.4, 0.5) is 16.2 Å². The molecule has 1 N–H and O–H groups in total. The summed E-state index contributed by atoms with van der Waals surface area (Å²) >= 11 is 0. The molecular weight excluding hydrogens is 446 g/mol. The Bertz CT molecular complexity index is 1210. The Kier molecular flexibility index (Phi) is 7.01. The minimum atomic E-state index is -0.941. The molecule has 4 rings (SSSR count). The summed E-state index contributed by atoms with van der Waals surface area (Å²) in [7, 11) is 3.11. The van der Waals surface area contributed by atoms with E-state index in [0.717, 1.165) is 16.0 Å². The number of imide groups is 1. The van der Waals surface area contributed by atoms with Gasteiger partial charge < -0.3 is 19.7 Å². The van der Waals surface area contributed by atoms with Crippen molar-refractivity contribution < 1.29 is 23.9 Å². The number of amides is 4. The van der Waals surface area contributed by atoms with E-state index in [2.05, 4.69) is 5.32 Å². The first kappa shape index (κ1) is 23.8. The molecule has 1 saturated heterocycles. The molecule has 0 unspecified atom stereocenters. The number of hydrogen-bond acceptors (Lipinski definition) is 5. The van der Waals surface area contributed by atoms with Gasteiger partial charge in [0.25, 0.3) is 5.91 Å². The summed E-state index contributed by atoms with van der Waals surface area (Å²) in [5, 5.41) is 2.80. The third-order valence-electron chi connectivity index (χ3n) is 5.88. The fourth-order valence-electron chi connectivity index (χ4n) is 3.93. The molecule has 1 aliphatic rings. The second-order valence-corrected chi connectivity index (χ2v) is 8.26. The van der Waals surface area contributed by atoms with Crippen molar-refractivity contribution in [1.82, 2.24) is 4.90 Å². The molecule has 1 aliphatic heterocycles. The van der Waals surface area contributed by atoms with E-state index in [9.17, 15) is 14.4 Å². The zero-order valence-corrected chi connectivity index (χ0v) is 19.9. The average molecular weight is 474 g/mol. The number of nitrogens with zero attached hydrogens (tertiary/aromatic N) is 2. The lowest BCUT2D eigenvalue weighted by Gasteiger charge is -2.22. The van der Waals surface area contributed by atoms with Gasteiger partial charge in [-0.2, -0.15) is 0 Å². The van der Waals surface area contributed by atoms with Crippen LogP contribution in [-0.2, 0) is 16.1 Å². The highest BCUT2D eigenvalue weighted by Crippen LogP contribution is 2.30. The third kappa shape index (κ3) is 5.27. The molecule has 180 valence electrons. The lowest BCUT2D eigenvalue weighted by Crippen LogP contribution is -2.37. The first-order valence-corrected chi connectivity index (χ1v) is 11.2. The largest absolute Gasteiger partial charge is 0.497 e. The highest BCUT2D eigenvalue weighted by Gasteiger charge is 2.46. The standard InChI is InChI=1S/C27H27N3O5/c1-18-4-6-19(7-5-18)17-29-24(16-25(31)28-20-8-12-22(34-2)13-9-20)26(32)30(27(29)33)21-10-14-23(35-3)15-11-21/h4-15,24H,16-17H2,1-3H3,(H,28,31)/t24-/m0/s1. The first-order valence-electron chi connectivity index (χ1n) is 11.2. The van der Waals surface area contributed by atoms with E-state index in [-0.39, 0.29) is 18.9 Å². The van der Waals surface area contributed by atoms with E-state index < -0.39 is 18.0 Å². The van der Waals surface area contributed by atoms with Crippen molar-refractivity contribution in [3.8, 4) is 11.5 Å². The van der Waals surface area contributed by atoms with E-state index in [1.54, 1.807) is 62.8 Å². The second-order valence-electron chi connectivity index (χ2n) is 8.26. The Labute approximate surface area is 204 Å². The van der Waals surface area contributed by atoms with Gasteiger partial charge in [0.15, 0.2) is 0 Å². The Hall–Kier alpha value is -4.33. The second kappa shape index (κ2) is 10.3. The zero-order valence-electron chi connectivity index (χ0n) is 19.9. The number of anilines is 2. The summed E-state index contributed by atoms with van der Waals surface area (Å²) in [6.07, 6.45) is -0.172. The lowest BCUT2D eigenvalue weighted by molar-refractivity contribution is -0.124. The summed E-state index contributed by atoms with van der Waals surface area (Å²) in [5.74, 6) is 0.461. The minimum Gasteiger partial charge on any atom is -0.497 e. The van der Waals surface area contributed by atoms with Gasteiger partial charge in [-0.1, -0.05) is 29.8 Å². The van der Waals surface area contributed by atoms with E-state index >= 15 is 0 Å². The molecule has 0 radical (unpaired) electrons. The van der Waals surface area contributed by atoms with Crippen LogP contribution in [0.1, 0.15) is 17.5 Å². The maximum atomic E-state index is 13.4. The molecule has 3 aromatic carbocycles. The summed E-state index contributed by atoms with van der Waals surface area (Å²) < 4.78 is 10.3. The van der Waals surface area contributed by atoms with E-state index in [4.69, 9.17) is 9.47 Å². The van der Waals surface area contributed by atoms with E-state index in [0.29, 0.717) is 22.9 Å². The number of hydrogen-bond donors (Lipinski definition) is 1. The maximum absolute atomic E-state index is 13.4. The van der Waals surface area contributed by atoms with Crippen molar-refractivity contribution in [2.75, 3.05) is 24.4 Å². The Morgan fingerprint density at radius 1 is 0.857 bits per heavy atom. The molecule has 0 saturated carbocycles. The van der Waals surface area contributed by atoms with Crippen molar-refractivity contribution in [2.45, 2.75) is 25.9 Å². The lowest BCUT2D eigenvalue weighted by atomic mass is 10.1. The van der Waals surface area contributed by atoms with Crippen LogP contribution >= 0.6 is 0 Å².